The molecular formula is C16H14FN3OS. The Kier molecular flexibility index (Phi) is 4.02. The first-order chi connectivity index (χ1) is 10.6. The van der Waals surface area contributed by atoms with Crippen molar-refractivity contribution in [3.63, 3.8) is 0 Å². The molecule has 4 nitrogen and oxygen atoms in total. The number of rotatable bonds is 4. The topological polar surface area (TPSA) is 46.9 Å². The van der Waals surface area contributed by atoms with E-state index in [9.17, 15) is 9.18 Å². The first-order valence-corrected chi connectivity index (χ1v) is 7.65. The molecule has 0 saturated heterocycles. The molecule has 0 radical (unpaired) electrons. The molecular weight excluding hydrogens is 301 g/mol. The van der Waals surface area contributed by atoms with E-state index >= 15 is 0 Å². The molecule has 1 amide bonds. The maximum absolute atomic E-state index is 13.5. The predicted octanol–water partition coefficient (Wildman–Crippen LogP) is 3.14. The molecule has 2 heterocycles. The first-order valence-electron chi connectivity index (χ1n) is 6.71. The van der Waals surface area contributed by atoms with Gasteiger partial charge in [-0.05, 0) is 29.1 Å². The molecule has 0 unspecified atom stereocenters. The van der Waals surface area contributed by atoms with Crippen LogP contribution in [0.5, 0.6) is 0 Å². The van der Waals surface area contributed by atoms with E-state index in [0.717, 1.165) is 0 Å². The van der Waals surface area contributed by atoms with Crippen LogP contribution in [0.1, 0.15) is 27.8 Å². The second-order valence-corrected chi connectivity index (χ2v) is 5.65. The van der Waals surface area contributed by atoms with Crippen LogP contribution in [-0.4, -0.2) is 15.5 Å². The number of benzene rings is 1. The van der Waals surface area contributed by atoms with E-state index in [0.29, 0.717) is 17.0 Å². The summed E-state index contributed by atoms with van der Waals surface area (Å²) in [6, 6.07) is 7.42. The molecule has 3 aromatic rings. The number of nitrogens with zero attached hydrogens (tertiary/aromatic N) is 2. The van der Waals surface area contributed by atoms with Crippen molar-refractivity contribution in [2.75, 3.05) is 0 Å². The van der Waals surface area contributed by atoms with Gasteiger partial charge in [-0.1, -0.05) is 12.1 Å². The number of carbonyl (C=O) groups excluding carboxylic acids is 1. The first kappa shape index (κ1) is 14.5. The number of aryl methyl sites for hydroxylation is 1. The highest BCUT2D eigenvalue weighted by molar-refractivity contribution is 7.08. The molecule has 1 atom stereocenters. The Morgan fingerprint density at radius 1 is 1.41 bits per heavy atom. The molecule has 112 valence electrons. The smallest absolute Gasteiger partial charge is 0.252 e. The van der Waals surface area contributed by atoms with Gasteiger partial charge in [-0.25, -0.2) is 9.37 Å². The minimum Gasteiger partial charge on any atom is -0.338 e. The average Bonchev–Trinajstić information content (AvgIpc) is 3.16. The molecule has 0 fully saturated rings. The molecule has 3 rings (SSSR count). The van der Waals surface area contributed by atoms with Gasteiger partial charge in [-0.3, -0.25) is 4.79 Å². The van der Waals surface area contributed by atoms with Crippen molar-refractivity contribution >= 4 is 17.2 Å². The lowest BCUT2D eigenvalue weighted by Crippen LogP contribution is -2.30. The van der Waals surface area contributed by atoms with Crippen LogP contribution in [0.15, 0.2) is 53.5 Å². The second-order valence-electron chi connectivity index (χ2n) is 4.87. The zero-order valence-electron chi connectivity index (χ0n) is 11.9. The Labute approximate surface area is 131 Å². The molecule has 22 heavy (non-hydrogen) atoms. The number of nitrogens with one attached hydrogen (secondary N) is 1. The SMILES string of the molecule is Cn1ccnc1[C@H](NC(=O)c1ccsc1)c1cccc(F)c1. The van der Waals surface area contributed by atoms with Crippen molar-refractivity contribution in [3.05, 3.63) is 76.3 Å². The zero-order valence-corrected chi connectivity index (χ0v) is 12.7. The van der Waals surface area contributed by atoms with Crippen molar-refractivity contribution in [3.8, 4) is 0 Å². The average molecular weight is 315 g/mol. The lowest BCUT2D eigenvalue weighted by Gasteiger charge is -2.19. The largest absolute Gasteiger partial charge is 0.338 e. The summed E-state index contributed by atoms with van der Waals surface area (Å²) in [5, 5.41) is 6.54. The van der Waals surface area contributed by atoms with E-state index in [1.807, 2.05) is 17.0 Å². The van der Waals surface area contributed by atoms with Gasteiger partial charge in [-0.15, -0.1) is 0 Å². The highest BCUT2D eigenvalue weighted by Gasteiger charge is 2.21. The second kappa shape index (κ2) is 6.11. The van der Waals surface area contributed by atoms with E-state index in [1.165, 1.54) is 23.5 Å². The Morgan fingerprint density at radius 2 is 2.27 bits per heavy atom. The van der Waals surface area contributed by atoms with Gasteiger partial charge in [0.15, 0.2) is 0 Å². The number of hydrogen-bond acceptors (Lipinski definition) is 3. The van der Waals surface area contributed by atoms with Gasteiger partial charge in [0.05, 0.1) is 5.56 Å². The fourth-order valence-corrected chi connectivity index (χ4v) is 2.88. The Hall–Kier alpha value is -2.47. The molecule has 0 aliphatic heterocycles. The molecule has 0 bridgehead atoms. The number of imidazole rings is 1. The molecule has 0 saturated carbocycles. The third-order valence-corrected chi connectivity index (χ3v) is 4.04. The van der Waals surface area contributed by atoms with E-state index in [-0.39, 0.29) is 11.7 Å². The Morgan fingerprint density at radius 3 is 2.91 bits per heavy atom. The van der Waals surface area contributed by atoms with Crippen molar-refractivity contribution in [1.82, 2.24) is 14.9 Å². The van der Waals surface area contributed by atoms with Crippen LogP contribution >= 0.6 is 11.3 Å². The lowest BCUT2D eigenvalue weighted by molar-refractivity contribution is 0.0941. The van der Waals surface area contributed by atoms with Gasteiger partial charge >= 0.3 is 0 Å². The summed E-state index contributed by atoms with van der Waals surface area (Å²) in [6.45, 7) is 0. The van der Waals surface area contributed by atoms with Crippen molar-refractivity contribution < 1.29 is 9.18 Å². The van der Waals surface area contributed by atoms with Gasteiger partial charge in [0.25, 0.3) is 5.91 Å². The molecule has 6 heteroatoms. The molecule has 0 aliphatic rings. The van der Waals surface area contributed by atoms with E-state index in [4.69, 9.17) is 0 Å². The summed E-state index contributed by atoms with van der Waals surface area (Å²) in [6.07, 6.45) is 3.44. The molecule has 1 N–H and O–H groups in total. The highest BCUT2D eigenvalue weighted by atomic mass is 32.1. The lowest BCUT2D eigenvalue weighted by atomic mass is 10.1. The maximum atomic E-state index is 13.5. The number of hydrogen-bond donors (Lipinski definition) is 1. The monoisotopic (exact) mass is 315 g/mol. The van der Waals surface area contributed by atoms with Crippen LogP contribution in [0.4, 0.5) is 4.39 Å². The zero-order chi connectivity index (χ0) is 15.5. The number of halogens is 1. The summed E-state index contributed by atoms with van der Waals surface area (Å²) >= 11 is 1.45. The molecule has 0 aliphatic carbocycles. The normalized spacial score (nSPS) is 12.1. The van der Waals surface area contributed by atoms with Gasteiger partial charge in [0, 0.05) is 24.8 Å². The minimum absolute atomic E-state index is 0.210. The quantitative estimate of drug-likeness (QED) is 0.804. The van der Waals surface area contributed by atoms with Crippen LogP contribution in [0.2, 0.25) is 0 Å². The van der Waals surface area contributed by atoms with Crippen molar-refractivity contribution in [1.29, 1.82) is 0 Å². The van der Waals surface area contributed by atoms with Crippen molar-refractivity contribution in [2.45, 2.75) is 6.04 Å². The Bertz CT molecular complexity index is 782. The molecule has 2 aromatic heterocycles. The van der Waals surface area contributed by atoms with Crippen LogP contribution in [0.3, 0.4) is 0 Å². The van der Waals surface area contributed by atoms with Crippen LogP contribution in [-0.2, 0) is 7.05 Å². The summed E-state index contributed by atoms with van der Waals surface area (Å²) in [5.74, 6) is 0.0918. The Balaban J connectivity index is 1.97. The van der Waals surface area contributed by atoms with Gasteiger partial charge in [-0.2, -0.15) is 11.3 Å². The number of carbonyl (C=O) groups is 1. The fraction of sp³-hybridized carbons (Fsp3) is 0.125. The third kappa shape index (κ3) is 2.92. The van der Waals surface area contributed by atoms with Crippen LogP contribution in [0.25, 0.3) is 0 Å². The number of aromatic nitrogens is 2. The fourth-order valence-electron chi connectivity index (χ4n) is 2.25. The predicted molar refractivity (Wildman–Crippen MR) is 83.2 cm³/mol. The molecule has 0 spiro atoms. The van der Waals surface area contributed by atoms with E-state index in [1.54, 1.807) is 36.0 Å². The summed E-state index contributed by atoms with van der Waals surface area (Å²) in [7, 11) is 1.84. The number of thiophene rings is 1. The summed E-state index contributed by atoms with van der Waals surface area (Å²) in [4.78, 5) is 16.6. The van der Waals surface area contributed by atoms with Crippen LogP contribution in [0, 0.1) is 5.82 Å². The summed E-state index contributed by atoms with van der Waals surface area (Å²) < 4.78 is 15.4. The van der Waals surface area contributed by atoms with Gasteiger partial charge in [0.1, 0.15) is 17.7 Å². The van der Waals surface area contributed by atoms with E-state index < -0.39 is 6.04 Å². The summed E-state index contributed by atoms with van der Waals surface area (Å²) in [5.41, 5.74) is 1.23. The maximum Gasteiger partial charge on any atom is 0.252 e. The van der Waals surface area contributed by atoms with E-state index in [2.05, 4.69) is 10.3 Å². The van der Waals surface area contributed by atoms with Gasteiger partial charge < -0.3 is 9.88 Å². The van der Waals surface area contributed by atoms with Crippen molar-refractivity contribution in [2.24, 2.45) is 7.05 Å². The minimum atomic E-state index is -0.511. The third-order valence-electron chi connectivity index (χ3n) is 3.36. The highest BCUT2D eigenvalue weighted by Crippen LogP contribution is 2.22. The molecule has 1 aromatic carbocycles. The number of amides is 1. The van der Waals surface area contributed by atoms with Crippen LogP contribution < -0.4 is 5.32 Å². The van der Waals surface area contributed by atoms with Gasteiger partial charge in [0.2, 0.25) is 0 Å². The standard InChI is InChI=1S/C16H14FN3OS/c1-20-7-6-18-15(20)14(11-3-2-4-13(17)9-11)19-16(21)12-5-8-22-10-12/h2-10,14H,1H3,(H,19,21)/t14-/m1/s1.